The van der Waals surface area contributed by atoms with Crippen molar-refractivity contribution in [1.82, 2.24) is 9.80 Å². The summed E-state index contributed by atoms with van der Waals surface area (Å²) in [5, 5.41) is 0. The Morgan fingerprint density at radius 3 is 2.25 bits per heavy atom. The van der Waals surface area contributed by atoms with Crippen molar-refractivity contribution < 1.29 is 19.0 Å². The van der Waals surface area contributed by atoms with Crippen LogP contribution in [-0.4, -0.2) is 68.8 Å². The fourth-order valence-corrected chi connectivity index (χ4v) is 5.38. The zero-order chi connectivity index (χ0) is 25.4. The van der Waals surface area contributed by atoms with E-state index in [4.69, 9.17) is 14.2 Å². The van der Waals surface area contributed by atoms with E-state index in [9.17, 15) is 4.79 Å². The second-order valence-electron chi connectivity index (χ2n) is 10.1. The molecule has 4 rings (SSSR count). The van der Waals surface area contributed by atoms with Gasteiger partial charge in [0.1, 0.15) is 11.2 Å². The number of ether oxygens (including phenoxy) is 3. The molecule has 6 nitrogen and oxygen atoms in total. The Morgan fingerprint density at radius 2 is 1.64 bits per heavy atom. The highest BCUT2D eigenvalue weighted by Gasteiger charge is 2.64. The molecule has 0 aromatic heterocycles. The van der Waals surface area contributed by atoms with Gasteiger partial charge in [-0.1, -0.05) is 75.1 Å². The van der Waals surface area contributed by atoms with Crippen LogP contribution in [-0.2, 0) is 19.7 Å². The molecule has 1 aliphatic heterocycles. The fraction of sp³-hybridized carbons (Fsp3) is 0.567. The SMILES string of the molecule is CCCCCCCN1CCN(C(OC(=O)[C@@]2(c3ccc(OC)cc3)C[C@H]2OC)c2ccccc2)CC1. The standard InChI is InChI=1S/C30H42N2O4/c1-4-5-6-7-11-18-31-19-21-32(22-20-31)28(24-12-9-8-10-13-24)36-29(33)30(23-27(30)35-3)25-14-16-26(34-2)17-15-25/h8-10,12-17,27-28H,4-7,11,18-23H2,1-3H3/t27-,28?,30-/m1/s1. The van der Waals surface area contributed by atoms with Crippen molar-refractivity contribution >= 4 is 5.97 Å². The Balaban J connectivity index is 1.44. The molecule has 0 amide bonds. The lowest BCUT2D eigenvalue weighted by Crippen LogP contribution is -2.49. The van der Waals surface area contributed by atoms with Crippen LogP contribution in [0.5, 0.6) is 5.75 Å². The van der Waals surface area contributed by atoms with E-state index < -0.39 is 11.6 Å². The number of hydrogen-bond acceptors (Lipinski definition) is 6. The number of carbonyl (C=O) groups excluding carboxylic acids is 1. The Morgan fingerprint density at radius 1 is 0.944 bits per heavy atom. The first kappa shape index (κ1) is 26.6. The van der Waals surface area contributed by atoms with Crippen LogP contribution < -0.4 is 4.74 Å². The third-order valence-corrected chi connectivity index (χ3v) is 7.77. The molecule has 2 aromatic carbocycles. The summed E-state index contributed by atoms with van der Waals surface area (Å²) in [6.45, 7) is 7.17. The molecule has 2 fully saturated rings. The lowest BCUT2D eigenvalue weighted by molar-refractivity contribution is -0.166. The summed E-state index contributed by atoms with van der Waals surface area (Å²) in [6, 6.07) is 17.8. The molecule has 0 spiro atoms. The van der Waals surface area contributed by atoms with E-state index in [1.807, 2.05) is 42.5 Å². The summed E-state index contributed by atoms with van der Waals surface area (Å²) >= 11 is 0. The van der Waals surface area contributed by atoms with Crippen LogP contribution in [0.15, 0.2) is 54.6 Å². The van der Waals surface area contributed by atoms with Gasteiger partial charge in [0.05, 0.1) is 13.2 Å². The van der Waals surface area contributed by atoms with E-state index in [-0.39, 0.29) is 12.1 Å². The van der Waals surface area contributed by atoms with Gasteiger partial charge in [0.15, 0.2) is 6.23 Å². The molecule has 1 saturated heterocycles. The highest BCUT2D eigenvalue weighted by Crippen LogP contribution is 2.52. The average Bonchev–Trinajstić information content (AvgIpc) is 3.68. The van der Waals surface area contributed by atoms with Gasteiger partial charge in [0.25, 0.3) is 0 Å². The van der Waals surface area contributed by atoms with Gasteiger partial charge in [0, 0.05) is 38.9 Å². The van der Waals surface area contributed by atoms with Gasteiger partial charge in [-0.2, -0.15) is 0 Å². The number of rotatable bonds is 13. The summed E-state index contributed by atoms with van der Waals surface area (Å²) in [7, 11) is 3.31. The molecule has 2 aromatic rings. The maximum absolute atomic E-state index is 13.8. The maximum Gasteiger partial charge on any atom is 0.321 e. The Hall–Kier alpha value is -2.41. The minimum atomic E-state index is -0.769. The third-order valence-electron chi connectivity index (χ3n) is 7.77. The quantitative estimate of drug-likeness (QED) is 0.282. The molecule has 3 atom stereocenters. The van der Waals surface area contributed by atoms with Crippen molar-refractivity contribution in [3.63, 3.8) is 0 Å². The van der Waals surface area contributed by atoms with Crippen LogP contribution in [0.2, 0.25) is 0 Å². The highest BCUT2D eigenvalue weighted by atomic mass is 16.6. The minimum Gasteiger partial charge on any atom is -0.497 e. The summed E-state index contributed by atoms with van der Waals surface area (Å²) in [5.74, 6) is 0.550. The number of unbranched alkanes of at least 4 members (excludes halogenated alkanes) is 4. The molecule has 0 radical (unpaired) electrons. The second-order valence-corrected chi connectivity index (χ2v) is 10.1. The van der Waals surface area contributed by atoms with Crippen LogP contribution in [0, 0.1) is 0 Å². The van der Waals surface area contributed by atoms with E-state index in [0.717, 1.165) is 49.6 Å². The smallest absolute Gasteiger partial charge is 0.321 e. The highest BCUT2D eigenvalue weighted by molar-refractivity contribution is 5.88. The fourth-order valence-electron chi connectivity index (χ4n) is 5.38. The summed E-state index contributed by atoms with van der Waals surface area (Å²) in [5.41, 5.74) is 1.16. The number of carbonyl (C=O) groups is 1. The number of benzene rings is 2. The monoisotopic (exact) mass is 494 g/mol. The zero-order valence-electron chi connectivity index (χ0n) is 22.2. The number of methoxy groups -OCH3 is 2. The summed E-state index contributed by atoms with van der Waals surface area (Å²) in [4.78, 5) is 18.7. The molecule has 1 heterocycles. The Kier molecular flexibility index (Phi) is 9.41. The predicted octanol–water partition coefficient (Wildman–Crippen LogP) is 5.18. The number of esters is 1. The van der Waals surface area contributed by atoms with Gasteiger partial charge in [0.2, 0.25) is 0 Å². The molecule has 36 heavy (non-hydrogen) atoms. The maximum atomic E-state index is 13.8. The largest absolute Gasteiger partial charge is 0.497 e. The van der Waals surface area contributed by atoms with Crippen LogP contribution in [0.3, 0.4) is 0 Å². The molecular weight excluding hydrogens is 452 g/mol. The zero-order valence-corrected chi connectivity index (χ0v) is 22.2. The van der Waals surface area contributed by atoms with Crippen molar-refractivity contribution in [2.45, 2.75) is 63.2 Å². The van der Waals surface area contributed by atoms with E-state index >= 15 is 0 Å². The van der Waals surface area contributed by atoms with Crippen molar-refractivity contribution in [3.8, 4) is 5.75 Å². The van der Waals surface area contributed by atoms with Gasteiger partial charge in [-0.25, -0.2) is 0 Å². The van der Waals surface area contributed by atoms with E-state index in [1.165, 1.54) is 32.1 Å². The first-order valence-electron chi connectivity index (χ1n) is 13.5. The molecule has 1 saturated carbocycles. The molecule has 1 unspecified atom stereocenters. The van der Waals surface area contributed by atoms with Gasteiger partial charge >= 0.3 is 5.97 Å². The van der Waals surface area contributed by atoms with Crippen LogP contribution >= 0.6 is 0 Å². The van der Waals surface area contributed by atoms with Crippen LogP contribution in [0.4, 0.5) is 0 Å². The molecule has 1 aliphatic carbocycles. The first-order valence-corrected chi connectivity index (χ1v) is 13.5. The van der Waals surface area contributed by atoms with Gasteiger partial charge < -0.3 is 19.1 Å². The van der Waals surface area contributed by atoms with Crippen molar-refractivity contribution in [2.75, 3.05) is 46.9 Å². The molecule has 6 heteroatoms. The van der Waals surface area contributed by atoms with E-state index in [2.05, 4.69) is 28.9 Å². The number of piperazine rings is 1. The topological polar surface area (TPSA) is 51.2 Å². The number of hydrogen-bond donors (Lipinski definition) is 0. The average molecular weight is 495 g/mol. The molecule has 0 N–H and O–H groups in total. The number of nitrogens with zero attached hydrogens (tertiary/aromatic N) is 2. The van der Waals surface area contributed by atoms with Gasteiger partial charge in [-0.3, -0.25) is 9.69 Å². The minimum absolute atomic E-state index is 0.181. The molecule has 0 bridgehead atoms. The second kappa shape index (κ2) is 12.7. The summed E-state index contributed by atoms with van der Waals surface area (Å²) < 4.78 is 17.3. The van der Waals surface area contributed by atoms with Gasteiger partial charge in [-0.15, -0.1) is 0 Å². The molecule has 2 aliphatic rings. The van der Waals surface area contributed by atoms with Crippen LogP contribution in [0.25, 0.3) is 0 Å². The van der Waals surface area contributed by atoms with E-state index in [0.29, 0.717) is 6.42 Å². The van der Waals surface area contributed by atoms with Crippen molar-refractivity contribution in [1.29, 1.82) is 0 Å². The predicted molar refractivity (Wildman–Crippen MR) is 142 cm³/mol. The van der Waals surface area contributed by atoms with Gasteiger partial charge in [-0.05, 0) is 37.1 Å². The first-order chi connectivity index (χ1) is 17.6. The van der Waals surface area contributed by atoms with Crippen molar-refractivity contribution in [3.05, 3.63) is 65.7 Å². The van der Waals surface area contributed by atoms with E-state index in [1.54, 1.807) is 14.2 Å². The van der Waals surface area contributed by atoms with Crippen LogP contribution in [0.1, 0.15) is 62.8 Å². The lowest BCUT2D eigenvalue weighted by atomic mass is 9.95. The summed E-state index contributed by atoms with van der Waals surface area (Å²) in [6.07, 6.45) is 6.57. The third kappa shape index (κ3) is 6.10. The lowest BCUT2D eigenvalue weighted by Gasteiger charge is -2.39. The van der Waals surface area contributed by atoms with Crippen molar-refractivity contribution in [2.24, 2.45) is 0 Å². The normalized spacial score (nSPS) is 23.2. The molecule has 196 valence electrons. The Labute approximate surface area is 216 Å². The molecular formula is C30H42N2O4. The Bertz CT molecular complexity index is 943.